The van der Waals surface area contributed by atoms with Crippen LogP contribution in [0.15, 0.2) is 12.2 Å². The van der Waals surface area contributed by atoms with Gasteiger partial charge in [0.2, 0.25) is 0 Å². The summed E-state index contributed by atoms with van der Waals surface area (Å²) in [5.74, 6) is 0. The van der Waals surface area contributed by atoms with E-state index in [9.17, 15) is 0 Å². The van der Waals surface area contributed by atoms with Gasteiger partial charge in [0.05, 0.1) is 0 Å². The fourth-order valence-electron chi connectivity index (χ4n) is 0.750. The van der Waals surface area contributed by atoms with Crippen LogP contribution in [0.25, 0.3) is 0 Å². The Labute approximate surface area is 57.9 Å². The molecule has 54 valence electrons. The van der Waals surface area contributed by atoms with Crippen LogP contribution in [-0.4, -0.2) is 6.54 Å². The van der Waals surface area contributed by atoms with Crippen molar-refractivity contribution in [2.75, 3.05) is 6.54 Å². The van der Waals surface area contributed by atoms with Crippen molar-refractivity contribution in [2.45, 2.75) is 32.6 Å². The van der Waals surface area contributed by atoms with E-state index in [0.717, 1.165) is 6.54 Å². The Balaban J connectivity index is 2.75. The Bertz CT molecular complexity index is 67.0. The van der Waals surface area contributed by atoms with Crippen molar-refractivity contribution in [3.63, 3.8) is 0 Å². The van der Waals surface area contributed by atoms with Gasteiger partial charge in [0.1, 0.15) is 0 Å². The zero-order valence-corrected chi connectivity index (χ0v) is 6.27. The molecule has 0 saturated carbocycles. The molecule has 0 unspecified atom stereocenters. The Hall–Kier alpha value is -0.300. The Morgan fingerprint density at radius 1 is 1.22 bits per heavy atom. The SMILES string of the molecule is C/C=C\CCCCCN. The second-order valence-electron chi connectivity index (χ2n) is 2.21. The van der Waals surface area contributed by atoms with Crippen LogP contribution in [0.1, 0.15) is 32.6 Å². The van der Waals surface area contributed by atoms with E-state index in [2.05, 4.69) is 19.1 Å². The molecule has 0 aromatic rings. The van der Waals surface area contributed by atoms with Gasteiger partial charge in [-0.15, -0.1) is 0 Å². The van der Waals surface area contributed by atoms with Gasteiger partial charge in [0.15, 0.2) is 0 Å². The molecule has 0 aliphatic rings. The summed E-state index contributed by atoms with van der Waals surface area (Å²) < 4.78 is 0. The summed E-state index contributed by atoms with van der Waals surface area (Å²) in [6, 6.07) is 0. The third-order valence-electron chi connectivity index (χ3n) is 1.31. The molecule has 0 amide bonds. The minimum atomic E-state index is 0.843. The summed E-state index contributed by atoms with van der Waals surface area (Å²) in [6.45, 7) is 2.90. The van der Waals surface area contributed by atoms with E-state index in [1.165, 1.54) is 25.7 Å². The molecule has 1 heteroatoms. The summed E-state index contributed by atoms with van der Waals surface area (Å²) >= 11 is 0. The van der Waals surface area contributed by atoms with E-state index in [4.69, 9.17) is 5.73 Å². The van der Waals surface area contributed by atoms with Crippen molar-refractivity contribution in [3.8, 4) is 0 Å². The van der Waals surface area contributed by atoms with Gasteiger partial charge in [-0.25, -0.2) is 0 Å². The van der Waals surface area contributed by atoms with Gasteiger partial charge in [0, 0.05) is 0 Å². The molecule has 0 saturated heterocycles. The van der Waals surface area contributed by atoms with E-state index in [-0.39, 0.29) is 0 Å². The zero-order valence-electron chi connectivity index (χ0n) is 6.27. The van der Waals surface area contributed by atoms with Gasteiger partial charge in [-0.2, -0.15) is 0 Å². The first-order valence-corrected chi connectivity index (χ1v) is 3.73. The lowest BCUT2D eigenvalue weighted by molar-refractivity contribution is 0.695. The van der Waals surface area contributed by atoms with Gasteiger partial charge in [-0.05, 0) is 32.7 Å². The molecule has 0 aliphatic carbocycles. The molecule has 9 heavy (non-hydrogen) atoms. The maximum atomic E-state index is 5.33. The third kappa shape index (κ3) is 7.70. The number of hydrogen-bond acceptors (Lipinski definition) is 1. The summed E-state index contributed by atoms with van der Waals surface area (Å²) in [5.41, 5.74) is 5.33. The van der Waals surface area contributed by atoms with Gasteiger partial charge in [-0.1, -0.05) is 18.6 Å². The number of allylic oxidation sites excluding steroid dienone is 2. The second kappa shape index (κ2) is 7.70. The van der Waals surface area contributed by atoms with Crippen LogP contribution in [0.5, 0.6) is 0 Å². The van der Waals surface area contributed by atoms with E-state index >= 15 is 0 Å². The molecule has 0 aromatic carbocycles. The Morgan fingerprint density at radius 3 is 2.56 bits per heavy atom. The molecule has 0 spiro atoms. The number of nitrogens with two attached hydrogens (primary N) is 1. The minimum Gasteiger partial charge on any atom is -0.330 e. The summed E-state index contributed by atoms with van der Waals surface area (Å²) in [4.78, 5) is 0. The summed E-state index contributed by atoms with van der Waals surface area (Å²) in [5, 5.41) is 0. The van der Waals surface area contributed by atoms with E-state index in [1.807, 2.05) is 0 Å². The number of unbranched alkanes of at least 4 members (excludes halogenated alkanes) is 3. The molecule has 0 heterocycles. The highest BCUT2D eigenvalue weighted by Crippen LogP contribution is 1.98. The Kier molecular flexibility index (Phi) is 7.44. The smallest absolute Gasteiger partial charge is 0.00773 e. The molecule has 1 nitrogen and oxygen atoms in total. The monoisotopic (exact) mass is 127 g/mol. The number of hydrogen-bond donors (Lipinski definition) is 1. The van der Waals surface area contributed by atoms with E-state index in [0.29, 0.717) is 0 Å². The molecule has 2 N–H and O–H groups in total. The predicted octanol–water partition coefficient (Wildman–Crippen LogP) is 2.08. The van der Waals surface area contributed by atoms with E-state index < -0.39 is 0 Å². The topological polar surface area (TPSA) is 26.0 Å². The minimum absolute atomic E-state index is 0.843. The lowest BCUT2D eigenvalue weighted by Crippen LogP contribution is -1.97. The molecule has 0 fully saturated rings. The normalized spacial score (nSPS) is 10.9. The van der Waals surface area contributed by atoms with E-state index in [1.54, 1.807) is 0 Å². The van der Waals surface area contributed by atoms with Crippen LogP contribution in [0, 0.1) is 0 Å². The maximum Gasteiger partial charge on any atom is -0.00773 e. The standard InChI is InChI=1S/C8H17N/c1-2-3-4-5-6-7-8-9/h2-3H,4-9H2,1H3/b3-2-. The predicted molar refractivity (Wildman–Crippen MR) is 42.3 cm³/mol. The van der Waals surface area contributed by atoms with Crippen LogP contribution in [0.4, 0.5) is 0 Å². The van der Waals surface area contributed by atoms with Crippen LogP contribution < -0.4 is 5.73 Å². The quantitative estimate of drug-likeness (QED) is 0.444. The van der Waals surface area contributed by atoms with Gasteiger partial charge >= 0.3 is 0 Å². The van der Waals surface area contributed by atoms with Crippen molar-refractivity contribution in [1.29, 1.82) is 0 Å². The van der Waals surface area contributed by atoms with Crippen LogP contribution in [0.3, 0.4) is 0 Å². The fourth-order valence-corrected chi connectivity index (χ4v) is 0.750. The summed E-state index contributed by atoms with van der Waals surface area (Å²) in [6.07, 6.45) is 9.27. The largest absolute Gasteiger partial charge is 0.330 e. The van der Waals surface area contributed by atoms with Crippen molar-refractivity contribution >= 4 is 0 Å². The Morgan fingerprint density at radius 2 is 2.00 bits per heavy atom. The lowest BCUT2D eigenvalue weighted by Gasteiger charge is -1.92. The first kappa shape index (κ1) is 8.70. The molecule has 0 aliphatic heterocycles. The molecule has 0 radical (unpaired) electrons. The molecular weight excluding hydrogens is 110 g/mol. The van der Waals surface area contributed by atoms with Gasteiger partial charge in [0.25, 0.3) is 0 Å². The third-order valence-corrected chi connectivity index (χ3v) is 1.31. The average Bonchev–Trinajstić information content (AvgIpc) is 1.89. The van der Waals surface area contributed by atoms with Crippen molar-refractivity contribution in [2.24, 2.45) is 5.73 Å². The van der Waals surface area contributed by atoms with Crippen LogP contribution in [-0.2, 0) is 0 Å². The zero-order chi connectivity index (χ0) is 6.95. The highest BCUT2D eigenvalue weighted by Gasteiger charge is 1.82. The molecular formula is C8H17N. The molecule has 0 bridgehead atoms. The van der Waals surface area contributed by atoms with Gasteiger partial charge in [-0.3, -0.25) is 0 Å². The second-order valence-corrected chi connectivity index (χ2v) is 2.21. The summed E-state index contributed by atoms with van der Waals surface area (Å²) in [7, 11) is 0. The first-order chi connectivity index (χ1) is 4.41. The van der Waals surface area contributed by atoms with Crippen molar-refractivity contribution < 1.29 is 0 Å². The number of rotatable bonds is 5. The molecule has 0 rings (SSSR count). The first-order valence-electron chi connectivity index (χ1n) is 3.73. The highest BCUT2D eigenvalue weighted by molar-refractivity contribution is 4.76. The highest BCUT2D eigenvalue weighted by atomic mass is 14.5. The fraction of sp³-hybridized carbons (Fsp3) is 0.750. The molecule has 0 atom stereocenters. The maximum absolute atomic E-state index is 5.33. The average molecular weight is 127 g/mol. The van der Waals surface area contributed by atoms with Gasteiger partial charge < -0.3 is 5.73 Å². The van der Waals surface area contributed by atoms with Crippen LogP contribution in [0.2, 0.25) is 0 Å². The van der Waals surface area contributed by atoms with Crippen molar-refractivity contribution in [3.05, 3.63) is 12.2 Å². The lowest BCUT2D eigenvalue weighted by atomic mass is 10.2. The van der Waals surface area contributed by atoms with Crippen molar-refractivity contribution in [1.82, 2.24) is 0 Å². The van der Waals surface area contributed by atoms with Crippen LogP contribution >= 0.6 is 0 Å². The molecule has 0 aromatic heterocycles.